The Kier molecular flexibility index (Phi) is 147. The summed E-state index contributed by atoms with van der Waals surface area (Å²) in [7, 11) is 0. The molecule has 4 heavy (non-hydrogen) atoms. The van der Waals surface area contributed by atoms with Crippen molar-refractivity contribution in [2.75, 3.05) is 0 Å². The molecule has 0 unspecified atom stereocenters. The zero-order valence-electron chi connectivity index (χ0n) is 1.30. The molecule has 0 atom stereocenters. The van der Waals surface area contributed by atoms with Crippen LogP contribution in [0.4, 0.5) is 0 Å². The summed E-state index contributed by atoms with van der Waals surface area (Å²) >= 11 is 0. The molecule has 0 saturated heterocycles. The van der Waals surface area contributed by atoms with Gasteiger partial charge in [0.1, 0.15) is 0 Å². The zero-order chi connectivity index (χ0) is 0. The van der Waals surface area contributed by atoms with Crippen molar-refractivity contribution in [3.05, 3.63) is 0 Å². The van der Waals surface area contributed by atoms with E-state index in [1.54, 1.807) is 0 Å². The fourth-order valence-corrected chi connectivity index (χ4v) is 0. The molecule has 0 aliphatic rings. The minimum absolute atomic E-state index is 0. The van der Waals surface area contributed by atoms with Crippen LogP contribution in [-0.4, -0.2) is 0 Å². The average Bonchev–Trinajstić information content (AvgIpc) is 0. The molecule has 0 nitrogen and oxygen atoms in total. The molecule has 0 aromatic heterocycles. The predicted molar refractivity (Wildman–Crippen MR) is 0 cm³/mol. The van der Waals surface area contributed by atoms with Gasteiger partial charge in [-0.3, -0.25) is 0 Å². The summed E-state index contributed by atoms with van der Waals surface area (Å²) < 4.78 is 0. The van der Waals surface area contributed by atoms with Crippen LogP contribution in [0.25, 0.3) is 0 Å². The Morgan fingerprint density at radius 1 is 1.00 bits per heavy atom. The maximum Gasteiger partial charge on any atom is 0 e. The van der Waals surface area contributed by atoms with Gasteiger partial charge in [0.25, 0.3) is 0 Å². The molecule has 0 amide bonds. The van der Waals surface area contributed by atoms with Crippen molar-refractivity contribution in [2.45, 2.75) is 0 Å². The van der Waals surface area contributed by atoms with Gasteiger partial charge in [-0.1, -0.05) is 0 Å². The monoisotopic (exact) mass is 504 g/mol. The van der Waals surface area contributed by atoms with Gasteiger partial charge in [-0.05, 0) is 0 Å². The van der Waals surface area contributed by atoms with E-state index in [1.165, 1.54) is 0 Å². The second kappa shape index (κ2) is 18.1. The zero-order valence-corrected chi connectivity index (χ0v) is 7.96. The third-order valence-electron chi connectivity index (χ3n) is 0. The topological polar surface area (TPSA) is 0 Å². The SMILES string of the molecule is [Au].[Fe].[Ir].[Ni]. The normalized spacial score (nSPS) is 0. The molecule has 0 aliphatic heterocycles. The van der Waals surface area contributed by atoms with E-state index in [2.05, 4.69) is 0 Å². The fourth-order valence-electron chi connectivity index (χ4n) is 0. The Hall–Kier alpha value is 2.40. The van der Waals surface area contributed by atoms with Gasteiger partial charge < -0.3 is 0 Å². The first-order valence-electron chi connectivity index (χ1n) is 0. The maximum atomic E-state index is 0. The molecule has 4 heteroatoms. The van der Waals surface area contributed by atoms with Gasteiger partial charge in [0, 0.05) is 76.0 Å². The predicted octanol–water partition coefficient (Wildman–Crippen LogP) is -0.0100. The molecule has 0 bridgehead atoms. The van der Waals surface area contributed by atoms with E-state index in [-0.39, 0.29) is 76.0 Å². The summed E-state index contributed by atoms with van der Waals surface area (Å²) in [6.07, 6.45) is 0. The molecule has 0 aromatic rings. The maximum absolute atomic E-state index is 0. The van der Waals surface area contributed by atoms with Crippen LogP contribution in [0.5, 0.6) is 0 Å². The largest absolute Gasteiger partial charge is 0 e. The molecule has 0 fully saturated rings. The van der Waals surface area contributed by atoms with Gasteiger partial charge in [0.05, 0.1) is 0 Å². The van der Waals surface area contributed by atoms with E-state index >= 15 is 0 Å². The summed E-state index contributed by atoms with van der Waals surface area (Å²) in [6, 6.07) is 0. The van der Waals surface area contributed by atoms with Crippen LogP contribution in [0.15, 0.2) is 0 Å². The Morgan fingerprint density at radius 3 is 1.00 bits per heavy atom. The van der Waals surface area contributed by atoms with Crippen LogP contribution in [0, 0.1) is 0 Å². The molecule has 0 aliphatic carbocycles. The van der Waals surface area contributed by atoms with Crippen molar-refractivity contribution in [3.63, 3.8) is 0 Å². The molecule has 2 radical (unpaired) electrons. The summed E-state index contributed by atoms with van der Waals surface area (Å²) in [4.78, 5) is 0. The summed E-state index contributed by atoms with van der Waals surface area (Å²) in [5.41, 5.74) is 0. The molecule has 0 heterocycles. The minimum Gasteiger partial charge on any atom is 0 e. The van der Waals surface area contributed by atoms with Crippen molar-refractivity contribution in [1.29, 1.82) is 0 Å². The van der Waals surface area contributed by atoms with Gasteiger partial charge in [0.15, 0.2) is 0 Å². The first kappa shape index (κ1) is 32.4. The quantitative estimate of drug-likeness (QED) is 0.408. The van der Waals surface area contributed by atoms with Crippen LogP contribution >= 0.6 is 0 Å². The second-order valence-electron chi connectivity index (χ2n) is 0. The number of hydrogen-bond donors (Lipinski definition) is 0. The Labute approximate surface area is 75.1 Å². The molecule has 38 valence electrons. The van der Waals surface area contributed by atoms with Crippen LogP contribution in [0.3, 0.4) is 0 Å². The first-order valence-corrected chi connectivity index (χ1v) is 0. The Bertz CT molecular complexity index is 8.00. The molecular weight excluding hydrogens is 504 g/mol. The minimum atomic E-state index is 0. The molecule has 0 aromatic carbocycles. The molecular formula is AuFeIrNi. The van der Waals surface area contributed by atoms with Gasteiger partial charge in [0.2, 0.25) is 0 Å². The van der Waals surface area contributed by atoms with Crippen molar-refractivity contribution >= 4 is 0 Å². The van der Waals surface area contributed by atoms with Crippen molar-refractivity contribution in [2.24, 2.45) is 0 Å². The van der Waals surface area contributed by atoms with Gasteiger partial charge in [-0.25, -0.2) is 0 Å². The second-order valence-corrected chi connectivity index (χ2v) is 0. The fraction of sp³-hybridized carbons (Fsp3) is 0. The number of rotatable bonds is 0. The van der Waals surface area contributed by atoms with Gasteiger partial charge >= 0.3 is 0 Å². The molecule has 0 spiro atoms. The van der Waals surface area contributed by atoms with Crippen molar-refractivity contribution in [1.82, 2.24) is 0 Å². The smallest absolute Gasteiger partial charge is 0 e. The van der Waals surface area contributed by atoms with E-state index < -0.39 is 0 Å². The van der Waals surface area contributed by atoms with Crippen LogP contribution in [0.2, 0.25) is 0 Å². The van der Waals surface area contributed by atoms with E-state index in [0.29, 0.717) is 0 Å². The van der Waals surface area contributed by atoms with Gasteiger partial charge in [-0.2, -0.15) is 0 Å². The molecule has 0 N–H and O–H groups in total. The standard InChI is InChI=1S/Au.Fe.Ir.Ni. The average molecular weight is 504 g/mol. The van der Waals surface area contributed by atoms with Crippen molar-refractivity contribution < 1.29 is 76.0 Å². The molecule has 0 rings (SSSR count). The van der Waals surface area contributed by atoms with E-state index in [0.717, 1.165) is 0 Å². The summed E-state index contributed by atoms with van der Waals surface area (Å²) in [5.74, 6) is 0. The Balaban J connectivity index is 0. The molecule has 0 saturated carbocycles. The van der Waals surface area contributed by atoms with E-state index in [9.17, 15) is 0 Å². The number of hydrogen-bond acceptors (Lipinski definition) is 0. The Morgan fingerprint density at radius 2 is 1.00 bits per heavy atom. The van der Waals surface area contributed by atoms with Crippen LogP contribution in [0.1, 0.15) is 0 Å². The third kappa shape index (κ3) is 8.83. The van der Waals surface area contributed by atoms with E-state index in [4.69, 9.17) is 0 Å². The summed E-state index contributed by atoms with van der Waals surface area (Å²) in [5, 5.41) is 0. The van der Waals surface area contributed by atoms with Gasteiger partial charge in [-0.15, -0.1) is 0 Å². The van der Waals surface area contributed by atoms with Crippen LogP contribution < -0.4 is 0 Å². The first-order chi connectivity index (χ1) is 0. The van der Waals surface area contributed by atoms with Crippen molar-refractivity contribution in [3.8, 4) is 0 Å². The summed E-state index contributed by atoms with van der Waals surface area (Å²) in [6.45, 7) is 0. The van der Waals surface area contributed by atoms with Crippen LogP contribution in [-0.2, 0) is 76.0 Å². The van der Waals surface area contributed by atoms with E-state index in [1.807, 2.05) is 0 Å². The third-order valence-corrected chi connectivity index (χ3v) is 0.